The topological polar surface area (TPSA) is 20.3 Å². The highest BCUT2D eigenvalue weighted by Crippen LogP contribution is 1.89. The zero-order valence-electron chi connectivity index (χ0n) is 6.50. The molecule has 0 aliphatic heterocycles. The van der Waals surface area contributed by atoms with E-state index in [4.69, 9.17) is 0 Å². The predicted octanol–water partition coefficient (Wildman–Crippen LogP) is 1.55. The van der Waals surface area contributed by atoms with Gasteiger partial charge in [0.2, 0.25) is 5.91 Å². The highest BCUT2D eigenvalue weighted by atomic mass is 16.2. The standard InChI is InChI=1S/C8H13NO/c1-4-6-7-9(3)8(10)5-2/h4,6-7H,1,5H2,2-3H3/b7-6-. The van der Waals surface area contributed by atoms with Gasteiger partial charge in [0.15, 0.2) is 0 Å². The van der Waals surface area contributed by atoms with E-state index < -0.39 is 0 Å². The summed E-state index contributed by atoms with van der Waals surface area (Å²) in [6.07, 6.45) is 5.60. The maximum atomic E-state index is 10.9. The van der Waals surface area contributed by atoms with Crippen molar-refractivity contribution in [2.24, 2.45) is 0 Å². The highest BCUT2D eigenvalue weighted by Gasteiger charge is 1.98. The van der Waals surface area contributed by atoms with Crippen LogP contribution in [-0.4, -0.2) is 17.9 Å². The molecule has 10 heavy (non-hydrogen) atoms. The van der Waals surface area contributed by atoms with E-state index in [1.165, 1.54) is 0 Å². The molecule has 1 amide bonds. The van der Waals surface area contributed by atoms with Crippen LogP contribution in [0.3, 0.4) is 0 Å². The monoisotopic (exact) mass is 139 g/mol. The summed E-state index contributed by atoms with van der Waals surface area (Å²) in [4.78, 5) is 12.4. The van der Waals surface area contributed by atoms with Crippen molar-refractivity contribution in [3.63, 3.8) is 0 Å². The normalized spacial score (nSPS) is 9.80. The van der Waals surface area contributed by atoms with Crippen molar-refractivity contribution in [3.05, 3.63) is 24.9 Å². The quantitative estimate of drug-likeness (QED) is 0.543. The third kappa shape index (κ3) is 3.07. The van der Waals surface area contributed by atoms with Gasteiger partial charge in [-0.25, -0.2) is 0 Å². The van der Waals surface area contributed by atoms with Gasteiger partial charge in [-0.1, -0.05) is 19.6 Å². The highest BCUT2D eigenvalue weighted by molar-refractivity contribution is 5.76. The van der Waals surface area contributed by atoms with Crippen LogP contribution in [0.25, 0.3) is 0 Å². The maximum Gasteiger partial charge on any atom is 0.225 e. The minimum absolute atomic E-state index is 0.109. The first-order valence-corrected chi connectivity index (χ1v) is 3.27. The Morgan fingerprint density at radius 1 is 1.70 bits per heavy atom. The molecule has 0 fully saturated rings. The van der Waals surface area contributed by atoms with E-state index in [0.717, 1.165) is 0 Å². The van der Waals surface area contributed by atoms with Gasteiger partial charge in [0.25, 0.3) is 0 Å². The molecule has 0 saturated carbocycles. The zero-order valence-corrected chi connectivity index (χ0v) is 6.50. The molecule has 0 saturated heterocycles. The largest absolute Gasteiger partial charge is 0.322 e. The number of allylic oxidation sites excluding steroid dienone is 2. The SMILES string of the molecule is C=C/C=C\N(C)C(=O)CC. The lowest BCUT2D eigenvalue weighted by Crippen LogP contribution is -2.18. The van der Waals surface area contributed by atoms with Crippen LogP contribution in [0, 0.1) is 0 Å². The fourth-order valence-corrected chi connectivity index (χ4v) is 0.522. The van der Waals surface area contributed by atoms with Crippen LogP contribution in [0.5, 0.6) is 0 Å². The van der Waals surface area contributed by atoms with Gasteiger partial charge < -0.3 is 4.90 Å². The van der Waals surface area contributed by atoms with Crippen molar-refractivity contribution in [2.45, 2.75) is 13.3 Å². The second-order valence-electron chi connectivity index (χ2n) is 1.94. The number of hydrogen-bond acceptors (Lipinski definition) is 1. The Morgan fingerprint density at radius 3 is 2.70 bits per heavy atom. The molecular weight excluding hydrogens is 126 g/mol. The minimum Gasteiger partial charge on any atom is -0.322 e. The molecule has 0 atom stereocenters. The summed E-state index contributed by atoms with van der Waals surface area (Å²) in [5.74, 6) is 0.109. The first kappa shape index (κ1) is 8.95. The number of hydrogen-bond donors (Lipinski definition) is 0. The molecule has 0 radical (unpaired) electrons. The van der Waals surface area contributed by atoms with Gasteiger partial charge in [-0.05, 0) is 6.08 Å². The molecule has 0 aliphatic rings. The average Bonchev–Trinajstić information content (AvgIpc) is 1.98. The van der Waals surface area contributed by atoms with Gasteiger partial charge in [0.1, 0.15) is 0 Å². The Kier molecular flexibility index (Phi) is 4.29. The molecule has 0 spiro atoms. The van der Waals surface area contributed by atoms with Crippen molar-refractivity contribution in [1.82, 2.24) is 4.90 Å². The van der Waals surface area contributed by atoms with Crippen LogP contribution < -0.4 is 0 Å². The van der Waals surface area contributed by atoms with Crippen molar-refractivity contribution in [2.75, 3.05) is 7.05 Å². The number of carbonyl (C=O) groups excluding carboxylic acids is 1. The Hall–Kier alpha value is -1.05. The molecule has 0 aromatic carbocycles. The smallest absolute Gasteiger partial charge is 0.225 e. The van der Waals surface area contributed by atoms with Crippen LogP contribution in [0.15, 0.2) is 24.9 Å². The van der Waals surface area contributed by atoms with Crippen molar-refractivity contribution in [3.8, 4) is 0 Å². The van der Waals surface area contributed by atoms with Crippen LogP contribution in [0.1, 0.15) is 13.3 Å². The molecule has 0 heterocycles. The van der Waals surface area contributed by atoms with Crippen molar-refractivity contribution < 1.29 is 4.79 Å². The molecule has 0 N–H and O–H groups in total. The van der Waals surface area contributed by atoms with Crippen LogP contribution in [0.4, 0.5) is 0 Å². The fourth-order valence-electron chi connectivity index (χ4n) is 0.522. The predicted molar refractivity (Wildman–Crippen MR) is 42.4 cm³/mol. The summed E-state index contributed by atoms with van der Waals surface area (Å²) in [5.41, 5.74) is 0. The summed E-state index contributed by atoms with van der Waals surface area (Å²) in [6.45, 7) is 5.33. The van der Waals surface area contributed by atoms with Crippen LogP contribution >= 0.6 is 0 Å². The van der Waals surface area contributed by atoms with Gasteiger partial charge in [-0.2, -0.15) is 0 Å². The average molecular weight is 139 g/mol. The Bertz CT molecular complexity index is 149. The molecule has 0 unspecified atom stereocenters. The number of carbonyl (C=O) groups is 1. The van der Waals surface area contributed by atoms with Gasteiger partial charge in [-0.3, -0.25) is 4.79 Å². The van der Waals surface area contributed by atoms with E-state index in [9.17, 15) is 4.79 Å². The third-order valence-electron chi connectivity index (χ3n) is 1.14. The van der Waals surface area contributed by atoms with Gasteiger partial charge in [-0.15, -0.1) is 0 Å². The summed E-state index contributed by atoms with van der Waals surface area (Å²) >= 11 is 0. The lowest BCUT2D eigenvalue weighted by Gasteiger charge is -2.08. The molecule has 0 rings (SSSR count). The van der Waals surface area contributed by atoms with E-state index >= 15 is 0 Å². The van der Waals surface area contributed by atoms with Gasteiger partial charge in [0.05, 0.1) is 0 Å². The van der Waals surface area contributed by atoms with Crippen molar-refractivity contribution >= 4 is 5.91 Å². The number of amides is 1. The molecule has 56 valence electrons. The molecule has 0 aliphatic carbocycles. The second kappa shape index (κ2) is 4.79. The molecule has 0 aromatic heterocycles. The van der Waals surface area contributed by atoms with E-state index in [0.29, 0.717) is 6.42 Å². The maximum absolute atomic E-state index is 10.9. The summed E-state index contributed by atoms with van der Waals surface area (Å²) < 4.78 is 0. The van der Waals surface area contributed by atoms with Crippen LogP contribution in [0.2, 0.25) is 0 Å². The van der Waals surface area contributed by atoms with E-state index in [-0.39, 0.29) is 5.91 Å². The second-order valence-corrected chi connectivity index (χ2v) is 1.94. The first-order valence-electron chi connectivity index (χ1n) is 3.27. The van der Waals surface area contributed by atoms with E-state index in [1.807, 2.05) is 6.92 Å². The van der Waals surface area contributed by atoms with Crippen LogP contribution in [-0.2, 0) is 4.79 Å². The molecule has 0 bridgehead atoms. The zero-order chi connectivity index (χ0) is 7.98. The van der Waals surface area contributed by atoms with Gasteiger partial charge in [0, 0.05) is 19.7 Å². The lowest BCUT2D eigenvalue weighted by atomic mass is 10.4. The Labute approximate surface area is 61.8 Å². The molecule has 2 heteroatoms. The summed E-state index contributed by atoms with van der Waals surface area (Å²) in [6, 6.07) is 0. The number of nitrogens with zero attached hydrogens (tertiary/aromatic N) is 1. The first-order chi connectivity index (χ1) is 4.72. The molecule has 0 aromatic rings. The van der Waals surface area contributed by atoms with E-state index in [1.54, 1.807) is 30.3 Å². The van der Waals surface area contributed by atoms with Crippen molar-refractivity contribution in [1.29, 1.82) is 0 Å². The van der Waals surface area contributed by atoms with Gasteiger partial charge >= 0.3 is 0 Å². The van der Waals surface area contributed by atoms with E-state index in [2.05, 4.69) is 6.58 Å². The lowest BCUT2D eigenvalue weighted by molar-refractivity contribution is -0.127. The Morgan fingerprint density at radius 2 is 2.30 bits per heavy atom. The minimum atomic E-state index is 0.109. The number of rotatable bonds is 3. The Balaban J connectivity index is 3.83. The third-order valence-corrected chi connectivity index (χ3v) is 1.14. The fraction of sp³-hybridized carbons (Fsp3) is 0.375. The molecular formula is C8H13NO. The molecule has 2 nitrogen and oxygen atoms in total. The summed E-state index contributed by atoms with van der Waals surface area (Å²) in [7, 11) is 1.73. The summed E-state index contributed by atoms with van der Waals surface area (Å²) in [5, 5.41) is 0.